The highest BCUT2D eigenvalue weighted by molar-refractivity contribution is 5.97. The van der Waals surface area contributed by atoms with Gasteiger partial charge in [0.05, 0.1) is 0 Å². The fraction of sp³-hybridized carbons (Fsp3) is 0.250. The molecule has 1 aromatic heterocycles. The van der Waals surface area contributed by atoms with E-state index < -0.39 is 23.8 Å². The largest absolute Gasteiger partial charge is 0.449 e. The number of hydrogen-bond donors (Lipinski definition) is 1. The first kappa shape index (κ1) is 15.8. The third kappa shape index (κ3) is 3.16. The van der Waals surface area contributed by atoms with E-state index in [0.29, 0.717) is 16.5 Å². The summed E-state index contributed by atoms with van der Waals surface area (Å²) in [7, 11) is 0. The number of aryl methyl sites for hydroxylation is 1. The maximum absolute atomic E-state index is 13.2. The molecule has 1 heterocycles. The third-order valence-corrected chi connectivity index (χ3v) is 3.16. The number of fused-ring (bicyclic) bond motifs is 1. The Morgan fingerprint density at radius 2 is 2.23 bits per heavy atom. The quantitative estimate of drug-likeness (QED) is 0.681. The highest BCUT2D eigenvalue weighted by atomic mass is 19.1. The van der Waals surface area contributed by atoms with E-state index in [-0.39, 0.29) is 12.3 Å². The first-order chi connectivity index (χ1) is 10.4. The number of benzene rings is 1. The van der Waals surface area contributed by atoms with E-state index in [2.05, 4.69) is 11.9 Å². The van der Waals surface area contributed by atoms with Crippen molar-refractivity contribution in [2.24, 2.45) is 0 Å². The lowest BCUT2D eigenvalue weighted by Crippen LogP contribution is -2.35. The number of amides is 1. The van der Waals surface area contributed by atoms with Gasteiger partial charge in [0.25, 0.3) is 5.91 Å². The molecule has 6 heteroatoms. The number of carbonyl (C=O) groups is 2. The lowest BCUT2D eigenvalue weighted by atomic mass is 10.1. The molecule has 1 aromatic carbocycles. The number of esters is 1. The average molecular weight is 305 g/mol. The monoisotopic (exact) mass is 305 g/mol. The van der Waals surface area contributed by atoms with Crippen LogP contribution in [0.2, 0.25) is 0 Å². The van der Waals surface area contributed by atoms with Crippen molar-refractivity contribution in [2.45, 2.75) is 20.0 Å². The lowest BCUT2D eigenvalue weighted by molar-refractivity contribution is -0.128. The fourth-order valence-corrected chi connectivity index (χ4v) is 1.97. The third-order valence-electron chi connectivity index (χ3n) is 3.16. The summed E-state index contributed by atoms with van der Waals surface area (Å²) in [5, 5.41) is 3.02. The van der Waals surface area contributed by atoms with Crippen molar-refractivity contribution >= 4 is 22.8 Å². The molecule has 0 fully saturated rings. The molecule has 0 saturated heterocycles. The van der Waals surface area contributed by atoms with Gasteiger partial charge in [-0.25, -0.2) is 9.18 Å². The summed E-state index contributed by atoms with van der Waals surface area (Å²) < 4.78 is 23.7. The van der Waals surface area contributed by atoms with Gasteiger partial charge in [-0.3, -0.25) is 4.79 Å². The highest BCUT2D eigenvalue weighted by Gasteiger charge is 2.24. The van der Waals surface area contributed by atoms with Crippen molar-refractivity contribution in [3.8, 4) is 0 Å². The van der Waals surface area contributed by atoms with Crippen molar-refractivity contribution < 1.29 is 23.1 Å². The Labute approximate surface area is 126 Å². The summed E-state index contributed by atoms with van der Waals surface area (Å²) in [5.41, 5.74) is 0.854. The van der Waals surface area contributed by atoms with Crippen LogP contribution in [0.15, 0.2) is 35.3 Å². The topological polar surface area (TPSA) is 68.5 Å². The van der Waals surface area contributed by atoms with Gasteiger partial charge in [0.15, 0.2) is 6.10 Å². The van der Waals surface area contributed by atoms with E-state index in [4.69, 9.17) is 9.15 Å². The molecule has 0 spiro atoms. The van der Waals surface area contributed by atoms with E-state index in [1.54, 1.807) is 6.92 Å². The van der Waals surface area contributed by atoms with Gasteiger partial charge < -0.3 is 14.5 Å². The second-order valence-corrected chi connectivity index (χ2v) is 4.78. The summed E-state index contributed by atoms with van der Waals surface area (Å²) in [6, 6.07) is 3.96. The summed E-state index contributed by atoms with van der Waals surface area (Å²) >= 11 is 0. The first-order valence-electron chi connectivity index (χ1n) is 6.72. The van der Waals surface area contributed by atoms with Gasteiger partial charge in [-0.1, -0.05) is 6.08 Å². The van der Waals surface area contributed by atoms with E-state index in [1.165, 1.54) is 31.2 Å². The van der Waals surface area contributed by atoms with E-state index in [0.717, 1.165) is 0 Å². The van der Waals surface area contributed by atoms with Crippen LogP contribution in [-0.4, -0.2) is 24.5 Å². The molecule has 5 nitrogen and oxygen atoms in total. The van der Waals surface area contributed by atoms with Crippen LogP contribution in [0.5, 0.6) is 0 Å². The molecule has 0 saturated carbocycles. The van der Waals surface area contributed by atoms with Crippen molar-refractivity contribution in [2.75, 3.05) is 6.54 Å². The Bertz CT molecular complexity index is 735. The van der Waals surface area contributed by atoms with Gasteiger partial charge in [-0.05, 0) is 32.0 Å². The maximum Gasteiger partial charge on any atom is 0.375 e. The number of rotatable bonds is 5. The first-order valence-corrected chi connectivity index (χ1v) is 6.72. The minimum absolute atomic E-state index is 0.0380. The number of hydrogen-bond acceptors (Lipinski definition) is 4. The molecular weight excluding hydrogens is 289 g/mol. The Balaban J connectivity index is 2.17. The summed E-state index contributed by atoms with van der Waals surface area (Å²) in [6.45, 7) is 6.84. The Morgan fingerprint density at radius 1 is 1.50 bits per heavy atom. The van der Waals surface area contributed by atoms with Crippen LogP contribution in [-0.2, 0) is 9.53 Å². The molecule has 0 unspecified atom stereocenters. The van der Waals surface area contributed by atoms with Gasteiger partial charge in [-0.2, -0.15) is 0 Å². The molecule has 0 aliphatic heterocycles. The number of halogens is 1. The van der Waals surface area contributed by atoms with Crippen molar-refractivity contribution in [3.05, 3.63) is 48.0 Å². The predicted molar refractivity (Wildman–Crippen MR) is 79.0 cm³/mol. The summed E-state index contributed by atoms with van der Waals surface area (Å²) in [6.07, 6.45) is 0.543. The highest BCUT2D eigenvalue weighted by Crippen LogP contribution is 2.26. The molecular formula is C16H16FNO4. The summed E-state index contributed by atoms with van der Waals surface area (Å²) in [5.74, 6) is -1.67. The number of ether oxygens (including phenoxy) is 1. The molecule has 0 radical (unpaired) electrons. The zero-order valence-electron chi connectivity index (χ0n) is 12.3. The SMILES string of the molecule is C=CCNC(=O)[C@@H](C)OC(=O)c1oc2ccc(F)cc2c1C. The maximum atomic E-state index is 13.2. The molecule has 2 aromatic rings. The Kier molecular flexibility index (Phi) is 4.60. The van der Waals surface area contributed by atoms with E-state index in [9.17, 15) is 14.0 Å². The standard InChI is InChI=1S/C16H16FNO4/c1-4-7-18-15(19)10(3)21-16(20)14-9(2)12-8-11(17)5-6-13(12)22-14/h4-6,8,10H,1,7H2,2-3H3,(H,18,19)/t10-/m1/s1. The van der Waals surface area contributed by atoms with Crippen molar-refractivity contribution in [1.82, 2.24) is 5.32 Å². The van der Waals surface area contributed by atoms with Crippen LogP contribution in [0, 0.1) is 12.7 Å². The molecule has 0 bridgehead atoms. The number of carbonyl (C=O) groups excluding carboxylic acids is 2. The van der Waals surface area contributed by atoms with Crippen LogP contribution in [0.4, 0.5) is 4.39 Å². The fourth-order valence-electron chi connectivity index (χ4n) is 1.97. The zero-order chi connectivity index (χ0) is 16.3. The summed E-state index contributed by atoms with van der Waals surface area (Å²) in [4.78, 5) is 23.8. The van der Waals surface area contributed by atoms with Gasteiger partial charge in [0, 0.05) is 17.5 Å². The predicted octanol–water partition coefficient (Wildman–Crippen LogP) is 2.73. The van der Waals surface area contributed by atoms with Crippen molar-refractivity contribution in [3.63, 3.8) is 0 Å². The molecule has 22 heavy (non-hydrogen) atoms. The number of furan rings is 1. The van der Waals surface area contributed by atoms with Crippen LogP contribution in [0.1, 0.15) is 23.0 Å². The van der Waals surface area contributed by atoms with Gasteiger partial charge in [0.2, 0.25) is 5.76 Å². The van der Waals surface area contributed by atoms with Crippen LogP contribution < -0.4 is 5.32 Å². The van der Waals surface area contributed by atoms with Gasteiger partial charge in [-0.15, -0.1) is 6.58 Å². The van der Waals surface area contributed by atoms with E-state index >= 15 is 0 Å². The van der Waals surface area contributed by atoms with Crippen LogP contribution in [0.3, 0.4) is 0 Å². The average Bonchev–Trinajstić information content (AvgIpc) is 2.81. The number of nitrogens with one attached hydrogen (secondary N) is 1. The van der Waals surface area contributed by atoms with Gasteiger partial charge >= 0.3 is 5.97 Å². The second kappa shape index (κ2) is 6.43. The second-order valence-electron chi connectivity index (χ2n) is 4.78. The molecule has 1 atom stereocenters. The molecule has 2 rings (SSSR count). The molecule has 0 aliphatic carbocycles. The van der Waals surface area contributed by atoms with Gasteiger partial charge in [0.1, 0.15) is 11.4 Å². The minimum Gasteiger partial charge on any atom is -0.449 e. The van der Waals surface area contributed by atoms with E-state index in [1.807, 2.05) is 0 Å². The Morgan fingerprint density at radius 3 is 2.91 bits per heavy atom. The van der Waals surface area contributed by atoms with Crippen molar-refractivity contribution in [1.29, 1.82) is 0 Å². The smallest absolute Gasteiger partial charge is 0.375 e. The zero-order valence-corrected chi connectivity index (χ0v) is 12.3. The Hall–Kier alpha value is -2.63. The molecule has 1 N–H and O–H groups in total. The molecule has 116 valence electrons. The molecule has 0 aliphatic rings. The molecule has 1 amide bonds. The van der Waals surface area contributed by atoms with Crippen LogP contribution in [0.25, 0.3) is 11.0 Å². The van der Waals surface area contributed by atoms with Crippen LogP contribution >= 0.6 is 0 Å². The normalized spacial score (nSPS) is 12.0. The minimum atomic E-state index is -0.975. The lowest BCUT2D eigenvalue weighted by Gasteiger charge is -2.11.